The van der Waals surface area contributed by atoms with Gasteiger partial charge in [-0.1, -0.05) is 43.3 Å². The molecule has 0 nitrogen and oxygen atoms in total. The van der Waals surface area contributed by atoms with Crippen molar-refractivity contribution in [3.05, 3.63) is 42.5 Å². The lowest BCUT2D eigenvalue weighted by atomic mass is 10.1. The summed E-state index contributed by atoms with van der Waals surface area (Å²) in [6.45, 7) is 1.56. The number of fused-ring (bicyclic) bond motifs is 1. The molecule has 0 amide bonds. The van der Waals surface area contributed by atoms with Gasteiger partial charge in [-0.15, -0.1) is 0 Å². The van der Waals surface area contributed by atoms with E-state index in [0.717, 1.165) is 10.8 Å². The summed E-state index contributed by atoms with van der Waals surface area (Å²) in [7, 11) is -4.17. The predicted molar refractivity (Wildman–Crippen MR) is 62.0 cm³/mol. The first-order chi connectivity index (χ1) is 7.13. The van der Waals surface area contributed by atoms with Crippen LogP contribution in [-0.4, -0.2) is 8.74 Å². The normalized spacial score (nSPS) is 11.9. The average molecular weight is 222 g/mol. The van der Waals surface area contributed by atoms with Crippen molar-refractivity contribution >= 4 is 24.7 Å². The van der Waals surface area contributed by atoms with Crippen LogP contribution in [0.3, 0.4) is 0 Å². The minimum absolute atomic E-state index is 0.0225. The molecule has 0 fully saturated rings. The topological polar surface area (TPSA) is 0 Å². The van der Waals surface area contributed by atoms with Gasteiger partial charge in [0.05, 0.1) is 0 Å². The summed E-state index contributed by atoms with van der Waals surface area (Å²) >= 11 is 0. The van der Waals surface area contributed by atoms with Crippen LogP contribution in [0.25, 0.3) is 10.8 Å². The molecule has 0 saturated heterocycles. The quantitative estimate of drug-likeness (QED) is 0.539. The third-order valence-electron chi connectivity index (χ3n) is 2.62. The molecule has 0 aliphatic rings. The molecule has 0 saturated carbocycles. The van der Waals surface area contributed by atoms with E-state index in [2.05, 4.69) is 0 Å². The molecule has 0 heterocycles. The van der Waals surface area contributed by atoms with E-state index < -0.39 is 8.74 Å². The molecule has 0 N–H and O–H groups in total. The van der Waals surface area contributed by atoms with Crippen LogP contribution in [-0.2, 0) is 0 Å². The molecule has 2 aromatic rings. The summed E-state index contributed by atoms with van der Waals surface area (Å²) in [5, 5.41) is 2.15. The first kappa shape index (κ1) is 10.3. The summed E-state index contributed by atoms with van der Waals surface area (Å²) in [6.07, 6.45) is 0. The summed E-state index contributed by atoms with van der Waals surface area (Å²) in [5.74, 6) is 0. The molecule has 3 heteroatoms. The minimum Gasteiger partial charge on any atom is -0.265 e. The molecule has 0 unspecified atom stereocenters. The SMILES string of the molecule is CC[Si](F)(F)c1ccc2ccccc2c1. The number of benzene rings is 2. The monoisotopic (exact) mass is 222 g/mol. The Morgan fingerprint density at radius 3 is 2.33 bits per heavy atom. The van der Waals surface area contributed by atoms with E-state index in [1.54, 1.807) is 25.1 Å². The van der Waals surface area contributed by atoms with Crippen molar-refractivity contribution < 1.29 is 8.22 Å². The van der Waals surface area contributed by atoms with E-state index in [0.29, 0.717) is 0 Å². The van der Waals surface area contributed by atoms with E-state index >= 15 is 0 Å². The molecule has 0 aromatic heterocycles. The van der Waals surface area contributed by atoms with Gasteiger partial charge in [0.25, 0.3) is 0 Å². The molecule has 0 aliphatic carbocycles. The van der Waals surface area contributed by atoms with E-state index in [1.807, 2.05) is 24.3 Å². The van der Waals surface area contributed by atoms with Gasteiger partial charge in [-0.2, -0.15) is 0 Å². The smallest absolute Gasteiger partial charge is 0.265 e. The van der Waals surface area contributed by atoms with Gasteiger partial charge in [0.2, 0.25) is 0 Å². The Balaban J connectivity index is 2.56. The van der Waals surface area contributed by atoms with E-state index in [9.17, 15) is 8.22 Å². The Kier molecular flexibility index (Phi) is 2.57. The van der Waals surface area contributed by atoms with Gasteiger partial charge in [0, 0.05) is 5.19 Å². The number of rotatable bonds is 2. The van der Waals surface area contributed by atoms with Crippen molar-refractivity contribution in [2.75, 3.05) is 0 Å². The molecule has 0 spiro atoms. The largest absolute Gasteiger partial charge is 0.455 e. The molecule has 2 rings (SSSR count). The fraction of sp³-hybridized carbons (Fsp3) is 0.167. The van der Waals surface area contributed by atoms with Gasteiger partial charge < -0.3 is 0 Å². The summed E-state index contributed by atoms with van der Waals surface area (Å²) in [4.78, 5) is 0. The van der Waals surface area contributed by atoms with Crippen molar-refractivity contribution in [2.24, 2.45) is 0 Å². The molecule has 0 bridgehead atoms. The number of hydrogen-bond acceptors (Lipinski definition) is 0. The average Bonchev–Trinajstić information content (AvgIpc) is 2.28. The molecule has 0 aliphatic heterocycles. The molecule has 0 atom stereocenters. The first-order valence-electron chi connectivity index (χ1n) is 5.00. The fourth-order valence-corrected chi connectivity index (χ4v) is 2.72. The lowest BCUT2D eigenvalue weighted by Gasteiger charge is -2.11. The second-order valence-electron chi connectivity index (χ2n) is 3.62. The third kappa shape index (κ3) is 1.92. The minimum atomic E-state index is -4.17. The fourth-order valence-electron chi connectivity index (χ4n) is 1.62. The van der Waals surface area contributed by atoms with Crippen molar-refractivity contribution in [1.82, 2.24) is 0 Å². The zero-order valence-electron chi connectivity index (χ0n) is 8.50. The van der Waals surface area contributed by atoms with Crippen molar-refractivity contribution in [3.63, 3.8) is 0 Å². The maximum Gasteiger partial charge on any atom is 0.455 e. The van der Waals surface area contributed by atoms with Gasteiger partial charge in [-0.3, -0.25) is 8.22 Å². The number of halogens is 2. The lowest BCUT2D eigenvalue weighted by molar-refractivity contribution is 0.625. The third-order valence-corrected chi connectivity index (χ3v) is 4.66. The molecule has 0 radical (unpaired) electrons. The first-order valence-corrected chi connectivity index (χ1v) is 6.97. The van der Waals surface area contributed by atoms with Gasteiger partial charge in [-0.05, 0) is 22.9 Å². The highest BCUT2D eigenvalue weighted by Crippen LogP contribution is 2.17. The van der Waals surface area contributed by atoms with Gasteiger partial charge in [-0.25, -0.2) is 0 Å². The Hall–Kier alpha value is -1.22. The standard InChI is InChI=1S/C12H12F2Si/c1-2-15(13,14)12-8-7-10-5-3-4-6-11(10)9-12/h3-9H,2H2,1H3. The molecular weight excluding hydrogens is 210 g/mol. The molecule has 2 aromatic carbocycles. The van der Waals surface area contributed by atoms with E-state index in [-0.39, 0.29) is 11.2 Å². The summed E-state index contributed by atoms with van der Waals surface area (Å²) < 4.78 is 27.1. The molecule has 78 valence electrons. The van der Waals surface area contributed by atoms with Gasteiger partial charge in [0.15, 0.2) is 0 Å². The van der Waals surface area contributed by atoms with Crippen molar-refractivity contribution in [2.45, 2.75) is 13.0 Å². The number of hydrogen-bond donors (Lipinski definition) is 0. The van der Waals surface area contributed by atoms with Crippen LogP contribution >= 0.6 is 0 Å². The van der Waals surface area contributed by atoms with Crippen LogP contribution in [0.2, 0.25) is 6.04 Å². The maximum atomic E-state index is 13.6. The zero-order chi connectivity index (χ0) is 10.9. The lowest BCUT2D eigenvalue weighted by Crippen LogP contribution is -2.37. The summed E-state index contributed by atoms with van der Waals surface area (Å²) in [6, 6.07) is 12.6. The van der Waals surface area contributed by atoms with E-state index in [1.165, 1.54) is 0 Å². The van der Waals surface area contributed by atoms with Crippen LogP contribution in [0.4, 0.5) is 8.22 Å². The zero-order valence-corrected chi connectivity index (χ0v) is 9.50. The molecule has 15 heavy (non-hydrogen) atoms. The Morgan fingerprint density at radius 2 is 1.67 bits per heavy atom. The highest BCUT2D eigenvalue weighted by atomic mass is 28.4. The second-order valence-corrected chi connectivity index (χ2v) is 6.31. The van der Waals surface area contributed by atoms with Crippen LogP contribution < -0.4 is 5.19 Å². The van der Waals surface area contributed by atoms with Gasteiger partial charge >= 0.3 is 8.74 Å². The van der Waals surface area contributed by atoms with Crippen molar-refractivity contribution in [1.29, 1.82) is 0 Å². The Bertz CT molecular complexity index is 480. The van der Waals surface area contributed by atoms with Crippen LogP contribution in [0.15, 0.2) is 42.5 Å². The van der Waals surface area contributed by atoms with Crippen molar-refractivity contribution in [3.8, 4) is 0 Å². The maximum absolute atomic E-state index is 13.6. The van der Waals surface area contributed by atoms with Crippen LogP contribution in [0, 0.1) is 0 Å². The summed E-state index contributed by atoms with van der Waals surface area (Å²) in [5.41, 5.74) is 0. The Labute approximate surface area is 88.9 Å². The highest BCUT2D eigenvalue weighted by molar-refractivity contribution is 6.80. The second kappa shape index (κ2) is 3.74. The van der Waals surface area contributed by atoms with E-state index in [4.69, 9.17) is 0 Å². The highest BCUT2D eigenvalue weighted by Gasteiger charge is 2.35. The molecular formula is C12H12F2Si. The van der Waals surface area contributed by atoms with Gasteiger partial charge in [0.1, 0.15) is 0 Å². The van der Waals surface area contributed by atoms with Crippen LogP contribution in [0.5, 0.6) is 0 Å². The van der Waals surface area contributed by atoms with Crippen LogP contribution in [0.1, 0.15) is 6.92 Å². The predicted octanol–water partition coefficient (Wildman–Crippen LogP) is 3.45. The Morgan fingerprint density at radius 1 is 1.00 bits per heavy atom.